The number of ether oxygens (including phenoxy) is 2. The van der Waals surface area contributed by atoms with Crippen LogP contribution < -0.4 is 10.1 Å². The summed E-state index contributed by atoms with van der Waals surface area (Å²) < 4.78 is 38.8. The summed E-state index contributed by atoms with van der Waals surface area (Å²) in [5.74, 6) is 0.577. The van der Waals surface area contributed by atoms with Gasteiger partial charge in [0, 0.05) is 28.6 Å². The predicted octanol–water partition coefficient (Wildman–Crippen LogP) is 4.40. The molecule has 3 aromatic rings. The number of nitrogens with one attached hydrogen (secondary N) is 1. The second-order valence-corrected chi connectivity index (χ2v) is 10.7. The molecule has 1 unspecified atom stereocenters. The third-order valence-corrected chi connectivity index (χ3v) is 9.06. The molecule has 8 nitrogen and oxygen atoms in total. The van der Waals surface area contributed by atoms with Crippen LogP contribution in [0.2, 0.25) is 0 Å². The zero-order chi connectivity index (χ0) is 25.2. The number of benzene rings is 2. The van der Waals surface area contributed by atoms with Gasteiger partial charge in [-0.1, -0.05) is 25.1 Å². The monoisotopic (exact) mass is 500 g/mol. The van der Waals surface area contributed by atoms with E-state index in [9.17, 15) is 18.3 Å². The van der Waals surface area contributed by atoms with Gasteiger partial charge in [0.25, 0.3) is 10.0 Å². The van der Waals surface area contributed by atoms with E-state index in [1.165, 1.54) is 18.2 Å². The van der Waals surface area contributed by atoms with Crippen molar-refractivity contribution < 1.29 is 27.8 Å². The van der Waals surface area contributed by atoms with Crippen molar-refractivity contribution in [3.63, 3.8) is 0 Å². The third kappa shape index (κ3) is 4.38. The summed E-state index contributed by atoms with van der Waals surface area (Å²) in [4.78, 5) is 11.6. The highest BCUT2D eigenvalue weighted by molar-refractivity contribution is 7.90. The minimum atomic E-state index is -3.90. The summed E-state index contributed by atoms with van der Waals surface area (Å²) >= 11 is 0. The van der Waals surface area contributed by atoms with E-state index in [2.05, 4.69) is 17.0 Å². The van der Waals surface area contributed by atoms with Crippen molar-refractivity contribution in [2.75, 3.05) is 20.8 Å². The van der Waals surface area contributed by atoms with Crippen LogP contribution in [0.15, 0.2) is 53.4 Å². The highest BCUT2D eigenvalue weighted by Gasteiger charge is 2.44. The number of fused-ring (bicyclic) bond motifs is 3. The van der Waals surface area contributed by atoms with Gasteiger partial charge in [0.05, 0.1) is 30.7 Å². The molecule has 1 aliphatic rings. The van der Waals surface area contributed by atoms with Gasteiger partial charge in [-0.05, 0) is 62.4 Å². The van der Waals surface area contributed by atoms with E-state index in [0.717, 1.165) is 11.8 Å². The lowest BCUT2D eigenvalue weighted by Gasteiger charge is -2.41. The average Bonchev–Trinajstić information content (AvgIpc) is 3.23. The van der Waals surface area contributed by atoms with Crippen LogP contribution in [0.5, 0.6) is 5.75 Å². The molecule has 2 N–H and O–H groups in total. The molecule has 1 aromatic heterocycles. The smallest absolute Gasteiger partial charge is 0.406 e. The van der Waals surface area contributed by atoms with Crippen molar-refractivity contribution in [1.82, 2.24) is 9.29 Å². The Kier molecular flexibility index (Phi) is 7.10. The molecule has 1 aliphatic carbocycles. The zero-order valence-corrected chi connectivity index (χ0v) is 21.1. The van der Waals surface area contributed by atoms with Crippen LogP contribution in [-0.2, 0) is 21.2 Å². The molecule has 0 saturated heterocycles. The predicted molar refractivity (Wildman–Crippen MR) is 133 cm³/mol. The van der Waals surface area contributed by atoms with Gasteiger partial charge < -0.3 is 19.9 Å². The fraction of sp³-hybridized carbons (Fsp3) is 0.423. The molecule has 1 heterocycles. The highest BCUT2D eigenvalue weighted by atomic mass is 32.2. The summed E-state index contributed by atoms with van der Waals surface area (Å²) in [6.07, 6.45) is 1.97. The highest BCUT2D eigenvalue weighted by Crippen LogP contribution is 2.52. The molecular formula is C26H32N2O6S. The Hall–Kier alpha value is -3.04. The van der Waals surface area contributed by atoms with E-state index in [4.69, 9.17) is 4.74 Å². The Morgan fingerprint density at radius 3 is 2.54 bits per heavy atom. The van der Waals surface area contributed by atoms with Crippen LogP contribution >= 0.6 is 0 Å². The molecule has 188 valence electrons. The number of aliphatic hydroxyl groups excluding tert-OH is 1. The number of hydrogen-bond acceptors (Lipinski definition) is 6. The lowest BCUT2D eigenvalue weighted by Crippen LogP contribution is -2.35. The molecule has 2 atom stereocenters. The van der Waals surface area contributed by atoms with Crippen LogP contribution in [0.4, 0.5) is 4.79 Å². The first-order valence-electron chi connectivity index (χ1n) is 11.8. The van der Waals surface area contributed by atoms with Crippen LogP contribution in [-0.4, -0.2) is 44.4 Å². The summed E-state index contributed by atoms with van der Waals surface area (Å²) in [5, 5.41) is 15.1. The number of hydrogen-bond donors (Lipinski definition) is 2. The summed E-state index contributed by atoms with van der Waals surface area (Å²) in [6.45, 7) is 2.50. The number of alkyl carbamates (subject to hydrolysis) is 1. The molecular weight excluding hydrogens is 468 g/mol. The van der Waals surface area contributed by atoms with Gasteiger partial charge in [-0.15, -0.1) is 0 Å². The number of aromatic nitrogens is 1. The second kappa shape index (κ2) is 9.91. The van der Waals surface area contributed by atoms with Crippen LogP contribution in [0, 0.1) is 5.41 Å². The third-order valence-electron chi connectivity index (χ3n) is 7.29. The lowest BCUT2D eigenvalue weighted by atomic mass is 9.66. The SMILES string of the molecule is CC[C@@]1(CCCNC(=O)OC)CCc2c(c3ccccc3n2S(=O)(=O)c2ccc(OC)cc2)C1O. The van der Waals surface area contributed by atoms with Gasteiger partial charge in [0.15, 0.2) is 0 Å². The number of para-hydroxylation sites is 1. The van der Waals surface area contributed by atoms with Crippen LogP contribution in [0.1, 0.15) is 50.0 Å². The lowest BCUT2D eigenvalue weighted by molar-refractivity contribution is -0.00390. The number of amides is 1. The molecule has 0 spiro atoms. The molecule has 2 aromatic carbocycles. The van der Waals surface area contributed by atoms with Crippen molar-refractivity contribution in [3.8, 4) is 5.75 Å². The van der Waals surface area contributed by atoms with Gasteiger partial charge in [-0.2, -0.15) is 0 Å². The molecule has 4 rings (SSSR count). The first-order valence-corrected chi connectivity index (χ1v) is 13.2. The van der Waals surface area contributed by atoms with Gasteiger partial charge in [0.2, 0.25) is 0 Å². The van der Waals surface area contributed by atoms with Gasteiger partial charge in [0.1, 0.15) is 5.75 Å². The van der Waals surface area contributed by atoms with E-state index in [1.54, 1.807) is 30.3 Å². The number of methoxy groups -OCH3 is 2. The molecule has 0 bridgehead atoms. The maximum absolute atomic E-state index is 13.8. The molecule has 9 heteroatoms. The van der Waals surface area contributed by atoms with Gasteiger partial charge >= 0.3 is 6.09 Å². The average molecular weight is 501 g/mol. The standard InChI is InChI=1S/C26H32N2O6S/c1-4-26(15-7-17-27-25(30)34-3)16-14-22-23(24(26)29)20-8-5-6-9-21(20)28(22)35(31,32)19-12-10-18(33-2)11-13-19/h5-6,8-13,24,29H,4,7,14-17H2,1-3H3,(H,27,30)/t24?,26-/m1/s1. The summed E-state index contributed by atoms with van der Waals surface area (Å²) in [5.41, 5.74) is 1.47. The molecule has 35 heavy (non-hydrogen) atoms. The Morgan fingerprint density at radius 1 is 1.17 bits per heavy atom. The summed E-state index contributed by atoms with van der Waals surface area (Å²) in [7, 11) is -1.04. The van der Waals surface area contributed by atoms with Crippen molar-refractivity contribution in [1.29, 1.82) is 0 Å². The Morgan fingerprint density at radius 2 is 1.89 bits per heavy atom. The Balaban J connectivity index is 1.76. The van der Waals surface area contributed by atoms with E-state index < -0.39 is 27.6 Å². The minimum absolute atomic E-state index is 0.164. The maximum Gasteiger partial charge on any atom is 0.406 e. The maximum atomic E-state index is 13.8. The molecule has 1 amide bonds. The van der Waals surface area contributed by atoms with E-state index in [0.29, 0.717) is 54.8 Å². The van der Waals surface area contributed by atoms with Crippen molar-refractivity contribution in [2.45, 2.75) is 50.0 Å². The number of aliphatic hydroxyl groups is 1. The number of carbonyl (C=O) groups excluding carboxylic acids is 1. The molecule has 0 aliphatic heterocycles. The fourth-order valence-corrected chi connectivity index (χ4v) is 6.87. The number of rotatable bonds is 8. The zero-order valence-electron chi connectivity index (χ0n) is 20.3. The van der Waals surface area contributed by atoms with Crippen molar-refractivity contribution in [2.24, 2.45) is 5.41 Å². The van der Waals surface area contributed by atoms with Crippen molar-refractivity contribution >= 4 is 27.0 Å². The topological polar surface area (TPSA) is 107 Å². The molecule has 0 radical (unpaired) electrons. The largest absolute Gasteiger partial charge is 0.497 e. The number of carbonyl (C=O) groups is 1. The Bertz CT molecular complexity index is 1320. The van der Waals surface area contributed by atoms with Crippen LogP contribution in [0.25, 0.3) is 10.9 Å². The van der Waals surface area contributed by atoms with E-state index in [1.807, 2.05) is 18.2 Å². The first-order chi connectivity index (χ1) is 16.8. The quantitative estimate of drug-likeness (QED) is 0.444. The molecule has 0 saturated carbocycles. The first kappa shape index (κ1) is 25.1. The van der Waals surface area contributed by atoms with E-state index in [-0.39, 0.29) is 4.90 Å². The summed E-state index contributed by atoms with van der Waals surface area (Å²) in [6, 6.07) is 13.7. The minimum Gasteiger partial charge on any atom is -0.497 e. The van der Waals surface area contributed by atoms with Crippen molar-refractivity contribution in [3.05, 3.63) is 59.8 Å². The second-order valence-electron chi connectivity index (χ2n) is 8.96. The van der Waals surface area contributed by atoms with E-state index >= 15 is 0 Å². The molecule has 0 fully saturated rings. The van der Waals surface area contributed by atoms with Gasteiger partial charge in [-0.25, -0.2) is 17.2 Å². The Labute approximate surface area is 205 Å². The number of nitrogens with zero attached hydrogens (tertiary/aromatic N) is 1. The van der Waals surface area contributed by atoms with Crippen LogP contribution in [0.3, 0.4) is 0 Å². The normalized spacial score (nSPS) is 19.8. The fourth-order valence-electron chi connectivity index (χ4n) is 5.28. The van der Waals surface area contributed by atoms with Gasteiger partial charge in [-0.3, -0.25) is 0 Å².